The quantitative estimate of drug-likeness (QED) is 0.129. The first kappa shape index (κ1) is 42.4. The van der Waals surface area contributed by atoms with Gasteiger partial charge in [-0.15, -0.1) is 11.3 Å². The number of hydrogen-bond donors (Lipinski definition) is 1. The molecule has 6 heterocycles. The molecule has 4 aromatic carbocycles. The Balaban J connectivity index is 1.02. The van der Waals surface area contributed by atoms with E-state index in [4.69, 9.17) is 26.2 Å². The summed E-state index contributed by atoms with van der Waals surface area (Å²) in [4.78, 5) is 80.1. The SMILES string of the molecule is COc1cc2nc(CCn3c(=O)n4n(c3=O)[C@@H]3C[C@H]5C(=O)N(c6cc(-c7sc8ccc(Cl)cc8c7C)nn6C)C(=O)[C@@]5(C)[C@@H](c5c(O)ccc6ccccc56)C3=CC4)c(=O)n(C)c2cc1OC. The molecular weight excluding hydrogens is 896 g/mol. The Bertz CT molecular complexity index is 3710. The highest BCUT2D eigenvalue weighted by atomic mass is 35.5. The summed E-state index contributed by atoms with van der Waals surface area (Å²) in [6.07, 6.45) is 1.82. The number of nitrogens with zero attached hydrogens (tertiary/aromatic N) is 8. The average molecular weight is 939 g/mol. The second-order valence-electron chi connectivity index (χ2n) is 17.6. The molecule has 0 radical (unpaired) electrons. The molecule has 1 aliphatic carbocycles. The third-order valence-corrected chi connectivity index (χ3v) is 15.8. The number of carbonyl (C=O) groups is 2. The van der Waals surface area contributed by atoms with E-state index in [1.165, 1.54) is 37.7 Å². The van der Waals surface area contributed by atoms with E-state index in [1.807, 2.05) is 55.5 Å². The molecule has 0 bridgehead atoms. The van der Waals surface area contributed by atoms with E-state index >= 15 is 9.59 Å². The predicted molar refractivity (Wildman–Crippen MR) is 255 cm³/mol. The van der Waals surface area contributed by atoms with Crippen LogP contribution in [0.5, 0.6) is 17.2 Å². The van der Waals surface area contributed by atoms with Gasteiger partial charge in [-0.3, -0.25) is 19.1 Å². The second kappa shape index (κ2) is 15.1. The van der Waals surface area contributed by atoms with Crippen molar-refractivity contribution in [1.82, 2.24) is 33.3 Å². The average Bonchev–Trinajstić information content (AvgIpc) is 3.99. The van der Waals surface area contributed by atoms with Crippen molar-refractivity contribution in [1.29, 1.82) is 0 Å². The molecule has 1 saturated heterocycles. The zero-order valence-corrected chi connectivity index (χ0v) is 38.8. The first-order chi connectivity index (χ1) is 32.2. The van der Waals surface area contributed by atoms with Crippen LogP contribution in [-0.4, -0.2) is 64.4 Å². The van der Waals surface area contributed by atoms with Crippen LogP contribution in [-0.2, 0) is 43.2 Å². The summed E-state index contributed by atoms with van der Waals surface area (Å²) in [5, 5.41) is 19.8. The van der Waals surface area contributed by atoms with Gasteiger partial charge in [0.1, 0.15) is 23.0 Å². The Labute approximate surface area is 390 Å². The minimum atomic E-state index is -1.46. The third kappa shape index (κ3) is 5.99. The molecule has 2 aliphatic heterocycles. The van der Waals surface area contributed by atoms with Gasteiger partial charge in [-0.05, 0) is 71.8 Å². The molecule has 0 spiro atoms. The molecule has 0 unspecified atom stereocenters. The lowest BCUT2D eigenvalue weighted by Crippen LogP contribution is -2.49. The van der Waals surface area contributed by atoms with E-state index in [1.54, 1.807) is 62.7 Å². The number of rotatable bonds is 8. The number of fused-ring (bicyclic) bond motifs is 7. The monoisotopic (exact) mass is 938 g/mol. The number of hydrogen-bond acceptors (Lipinski definition) is 11. The Morgan fingerprint density at radius 3 is 2.46 bits per heavy atom. The van der Waals surface area contributed by atoms with Crippen LogP contribution in [0, 0.1) is 18.3 Å². The van der Waals surface area contributed by atoms with E-state index in [0.717, 1.165) is 30.5 Å². The number of anilines is 1. The van der Waals surface area contributed by atoms with Gasteiger partial charge in [-0.1, -0.05) is 48.0 Å². The number of aromatic nitrogens is 7. The van der Waals surface area contributed by atoms with Crippen molar-refractivity contribution in [2.24, 2.45) is 25.4 Å². The fraction of sp³-hybridized carbons (Fsp3) is 0.286. The molecular formula is C49H43ClN8O8S. The first-order valence-electron chi connectivity index (χ1n) is 21.7. The Morgan fingerprint density at radius 1 is 0.925 bits per heavy atom. The highest BCUT2D eigenvalue weighted by Crippen LogP contribution is 2.63. The summed E-state index contributed by atoms with van der Waals surface area (Å²) in [5.41, 5.74) is 0.651. The van der Waals surface area contributed by atoms with Crippen LogP contribution in [0.3, 0.4) is 0 Å². The van der Waals surface area contributed by atoms with Crippen molar-refractivity contribution < 1.29 is 24.2 Å². The first-order valence-corrected chi connectivity index (χ1v) is 22.9. The number of thiophene rings is 1. The summed E-state index contributed by atoms with van der Waals surface area (Å²) in [7, 11) is 6.30. The van der Waals surface area contributed by atoms with E-state index in [2.05, 4.69) is 4.98 Å². The van der Waals surface area contributed by atoms with Crippen LogP contribution < -0.4 is 31.3 Å². The summed E-state index contributed by atoms with van der Waals surface area (Å²) in [6.45, 7) is 3.58. The Hall–Kier alpha value is -7.24. The van der Waals surface area contributed by atoms with Gasteiger partial charge in [0.25, 0.3) is 5.56 Å². The number of methoxy groups -OCH3 is 2. The Kier molecular flexibility index (Phi) is 9.59. The molecule has 16 nitrogen and oxygen atoms in total. The summed E-state index contributed by atoms with van der Waals surface area (Å²) in [6, 6.07) is 20.8. The number of phenols is 1. The maximum atomic E-state index is 15.5. The van der Waals surface area contributed by atoms with Gasteiger partial charge in [0.2, 0.25) is 11.8 Å². The maximum Gasteiger partial charge on any atom is 0.347 e. The van der Waals surface area contributed by atoms with E-state index in [9.17, 15) is 19.5 Å². The Morgan fingerprint density at radius 2 is 1.69 bits per heavy atom. The molecule has 8 aromatic rings. The molecule has 67 heavy (non-hydrogen) atoms. The normalized spacial score (nSPS) is 20.1. The maximum absolute atomic E-state index is 15.5. The largest absolute Gasteiger partial charge is 0.508 e. The van der Waals surface area contributed by atoms with Crippen LogP contribution in [0.2, 0.25) is 5.02 Å². The van der Waals surface area contributed by atoms with Crippen molar-refractivity contribution in [3.05, 3.63) is 138 Å². The van der Waals surface area contributed by atoms with Crippen molar-refractivity contribution in [2.75, 3.05) is 19.1 Å². The lowest BCUT2D eigenvalue weighted by Gasteiger charge is -2.47. The van der Waals surface area contributed by atoms with Gasteiger partial charge < -0.3 is 19.1 Å². The minimum Gasteiger partial charge on any atom is -0.508 e. The number of aromatic hydroxyl groups is 1. The fourth-order valence-corrected chi connectivity index (χ4v) is 12.3. The smallest absolute Gasteiger partial charge is 0.347 e. The number of benzene rings is 4. The van der Waals surface area contributed by atoms with Gasteiger partial charge in [0.05, 0.1) is 54.0 Å². The van der Waals surface area contributed by atoms with Gasteiger partial charge in [-0.2, -0.15) is 5.10 Å². The van der Waals surface area contributed by atoms with E-state index in [0.29, 0.717) is 49.8 Å². The topological polar surface area (TPSA) is 178 Å². The van der Waals surface area contributed by atoms with Crippen molar-refractivity contribution in [2.45, 2.75) is 51.7 Å². The fourth-order valence-electron chi connectivity index (χ4n) is 10.9. The van der Waals surface area contributed by atoms with Gasteiger partial charge in [-0.25, -0.2) is 33.4 Å². The molecule has 2 amide bonds. The van der Waals surface area contributed by atoms with Crippen molar-refractivity contribution >= 4 is 72.5 Å². The number of imide groups is 1. The lowest BCUT2D eigenvalue weighted by atomic mass is 9.56. The molecule has 1 saturated carbocycles. The van der Waals surface area contributed by atoms with E-state index in [-0.39, 0.29) is 43.2 Å². The zero-order chi connectivity index (χ0) is 47.0. The van der Waals surface area contributed by atoms with Crippen LogP contribution in [0.1, 0.15) is 42.1 Å². The molecule has 4 aromatic heterocycles. The number of ether oxygens (including phenoxy) is 2. The molecule has 4 atom stereocenters. The van der Waals surface area contributed by atoms with Gasteiger partial charge >= 0.3 is 11.4 Å². The molecule has 2 fully saturated rings. The molecule has 11 rings (SSSR count). The molecule has 1 N–H and O–H groups in total. The summed E-state index contributed by atoms with van der Waals surface area (Å²) >= 11 is 7.90. The second-order valence-corrected chi connectivity index (χ2v) is 19.1. The summed E-state index contributed by atoms with van der Waals surface area (Å²) in [5.74, 6) is -1.81. The highest BCUT2D eigenvalue weighted by Gasteiger charge is 2.66. The van der Waals surface area contributed by atoms with Crippen LogP contribution in [0.15, 0.2) is 98.8 Å². The number of aryl methyl sites for hydroxylation is 4. The molecule has 340 valence electrons. The number of amides is 2. The lowest BCUT2D eigenvalue weighted by molar-refractivity contribution is -0.129. The van der Waals surface area contributed by atoms with Crippen LogP contribution in [0.25, 0.3) is 42.5 Å². The van der Waals surface area contributed by atoms with Gasteiger partial charge in [0, 0.05) is 66.5 Å². The summed E-state index contributed by atoms with van der Waals surface area (Å²) < 4.78 is 18.7. The highest BCUT2D eigenvalue weighted by molar-refractivity contribution is 7.22. The number of carbonyl (C=O) groups excluding carboxylic acids is 2. The minimum absolute atomic E-state index is 0.00769. The predicted octanol–water partition coefficient (Wildman–Crippen LogP) is 6.62. The standard InChI is InChI=1S/C49H43ClN8O8S/c1-24-29-19-26(50)12-14-39(29)67-43(24)33-22-40(54(4)52-33)57-44(60)30-20-34-28(42(49(30,2)46(57)62)41-27-10-8-7-9-25(27)11-13-36(41)59)15-18-56-47(63)55(48(64)58(34)56)17-16-31-45(61)53(3)35-23-38(66-6)37(65-5)21-32(35)51-31/h7-15,19,21-23,30,34,42,59H,16-18,20H2,1-6H3/t30-,34+,42+,49+/m0/s1. The third-order valence-electron chi connectivity index (χ3n) is 14.3. The molecule has 18 heteroatoms. The van der Waals surface area contributed by atoms with Crippen molar-refractivity contribution in [3.63, 3.8) is 0 Å². The number of halogens is 1. The number of allylic oxidation sites excluding steroid dienone is 2. The van der Waals surface area contributed by atoms with E-state index < -0.39 is 52.0 Å². The van der Waals surface area contributed by atoms with Crippen LogP contribution >= 0.6 is 22.9 Å². The molecule has 3 aliphatic rings. The van der Waals surface area contributed by atoms with Crippen molar-refractivity contribution in [3.8, 4) is 27.8 Å². The number of phenolic OH excluding ortho intramolecular Hbond substituents is 1. The zero-order valence-electron chi connectivity index (χ0n) is 37.2. The van der Waals surface area contributed by atoms with Crippen LogP contribution in [0.4, 0.5) is 5.82 Å². The van der Waals surface area contributed by atoms with Gasteiger partial charge in [0.15, 0.2) is 11.5 Å².